The van der Waals surface area contributed by atoms with Gasteiger partial charge in [0.1, 0.15) is 6.33 Å². The number of aromatic nitrogens is 4. The van der Waals surface area contributed by atoms with Crippen LogP contribution in [0.2, 0.25) is 0 Å². The molecule has 1 heterocycles. The van der Waals surface area contributed by atoms with Crippen LogP contribution in [0.1, 0.15) is 5.56 Å². The predicted molar refractivity (Wildman–Crippen MR) is 49.5 cm³/mol. The second kappa shape index (κ2) is 3.62. The molecule has 0 N–H and O–H groups in total. The van der Waals surface area contributed by atoms with E-state index in [4.69, 9.17) is 0 Å². The van der Waals surface area contributed by atoms with Gasteiger partial charge in [-0.2, -0.15) is 0 Å². The summed E-state index contributed by atoms with van der Waals surface area (Å²) in [5, 5.41) is 10.7. The van der Waals surface area contributed by atoms with E-state index in [-0.39, 0.29) is 0 Å². The van der Waals surface area contributed by atoms with Crippen molar-refractivity contribution in [3.63, 3.8) is 0 Å². The Morgan fingerprint density at radius 2 is 2.00 bits per heavy atom. The molecule has 0 fully saturated rings. The highest BCUT2D eigenvalue weighted by Crippen LogP contribution is 2.01. The fourth-order valence-electron chi connectivity index (χ4n) is 0.963. The van der Waals surface area contributed by atoms with E-state index in [2.05, 4.69) is 15.5 Å². The van der Waals surface area contributed by atoms with Gasteiger partial charge < -0.3 is 0 Å². The number of tetrazole rings is 1. The Labute approximate surface area is 75.5 Å². The first-order valence-corrected chi connectivity index (χ1v) is 3.91. The van der Waals surface area contributed by atoms with Crippen molar-refractivity contribution in [2.24, 2.45) is 0 Å². The van der Waals surface area contributed by atoms with Gasteiger partial charge in [-0.3, -0.25) is 0 Å². The third-order valence-corrected chi connectivity index (χ3v) is 1.58. The second-order valence-electron chi connectivity index (χ2n) is 2.52. The zero-order valence-electron chi connectivity index (χ0n) is 6.91. The number of hydrogen-bond acceptors (Lipinski definition) is 3. The van der Waals surface area contributed by atoms with E-state index in [1.54, 1.807) is 17.2 Å². The Bertz CT molecular complexity index is 377. The lowest BCUT2D eigenvalue weighted by atomic mass is 10.2. The summed E-state index contributed by atoms with van der Waals surface area (Å²) in [5.41, 5.74) is 1.12. The first kappa shape index (κ1) is 7.67. The fraction of sp³-hybridized carbons (Fsp3) is 0. The van der Waals surface area contributed by atoms with Gasteiger partial charge in [-0.05, 0) is 22.1 Å². The third kappa shape index (κ3) is 1.99. The van der Waals surface area contributed by atoms with Crippen LogP contribution in [0.15, 0.2) is 36.7 Å². The minimum atomic E-state index is 1.12. The summed E-state index contributed by atoms with van der Waals surface area (Å²) >= 11 is 0. The standard InChI is InChI=1S/C9H8N4/c1-2-4-9(5-3-1)6-7-13-8-10-11-12-13/h1-8H/b7-6+. The monoisotopic (exact) mass is 172 g/mol. The summed E-state index contributed by atoms with van der Waals surface area (Å²) in [6, 6.07) is 9.98. The summed E-state index contributed by atoms with van der Waals surface area (Å²) in [4.78, 5) is 0. The largest absolute Gasteiger partial charge is 0.208 e. The molecule has 0 unspecified atom stereocenters. The number of nitrogens with zero attached hydrogens (tertiary/aromatic N) is 4. The van der Waals surface area contributed by atoms with E-state index >= 15 is 0 Å². The molecule has 0 radical (unpaired) electrons. The van der Waals surface area contributed by atoms with E-state index in [0.717, 1.165) is 5.56 Å². The molecule has 0 atom stereocenters. The predicted octanol–water partition coefficient (Wildman–Crippen LogP) is 1.30. The van der Waals surface area contributed by atoms with Crippen LogP contribution in [-0.2, 0) is 0 Å². The lowest BCUT2D eigenvalue weighted by Gasteiger charge is -1.90. The molecule has 0 aliphatic rings. The molecule has 4 nitrogen and oxygen atoms in total. The van der Waals surface area contributed by atoms with Gasteiger partial charge >= 0.3 is 0 Å². The van der Waals surface area contributed by atoms with Crippen LogP contribution in [0.4, 0.5) is 0 Å². The summed E-state index contributed by atoms with van der Waals surface area (Å²) in [6.07, 6.45) is 5.28. The molecule has 13 heavy (non-hydrogen) atoms. The van der Waals surface area contributed by atoms with Crippen LogP contribution in [0.25, 0.3) is 12.3 Å². The zero-order valence-corrected chi connectivity index (χ0v) is 6.91. The van der Waals surface area contributed by atoms with Gasteiger partial charge in [0.2, 0.25) is 0 Å². The summed E-state index contributed by atoms with van der Waals surface area (Å²) in [7, 11) is 0. The number of hydrogen-bond donors (Lipinski definition) is 0. The maximum Gasteiger partial charge on any atom is 0.143 e. The molecule has 0 bridgehead atoms. The Hall–Kier alpha value is -1.97. The first-order chi connectivity index (χ1) is 6.45. The van der Waals surface area contributed by atoms with Gasteiger partial charge in [0, 0.05) is 6.20 Å². The van der Waals surface area contributed by atoms with Crippen molar-refractivity contribution < 1.29 is 0 Å². The molecule has 64 valence electrons. The quantitative estimate of drug-likeness (QED) is 0.685. The molecular weight excluding hydrogens is 164 g/mol. The molecular formula is C9H8N4. The fourth-order valence-corrected chi connectivity index (χ4v) is 0.963. The second-order valence-corrected chi connectivity index (χ2v) is 2.52. The average molecular weight is 172 g/mol. The van der Waals surface area contributed by atoms with Gasteiger partial charge in [0.25, 0.3) is 0 Å². The normalized spacial score (nSPS) is 10.8. The van der Waals surface area contributed by atoms with Crippen molar-refractivity contribution in [2.75, 3.05) is 0 Å². The minimum absolute atomic E-state index is 1.12. The van der Waals surface area contributed by atoms with Crippen LogP contribution < -0.4 is 0 Å². The molecule has 0 amide bonds. The van der Waals surface area contributed by atoms with Gasteiger partial charge in [-0.15, -0.1) is 5.10 Å². The summed E-state index contributed by atoms with van der Waals surface area (Å²) in [6.45, 7) is 0. The van der Waals surface area contributed by atoms with Crippen LogP contribution >= 0.6 is 0 Å². The molecule has 4 heteroatoms. The van der Waals surface area contributed by atoms with Crippen molar-refractivity contribution in [3.05, 3.63) is 42.2 Å². The summed E-state index contributed by atoms with van der Waals surface area (Å²) in [5.74, 6) is 0. The lowest BCUT2D eigenvalue weighted by Crippen LogP contribution is -1.85. The van der Waals surface area contributed by atoms with Gasteiger partial charge in [0.15, 0.2) is 0 Å². The van der Waals surface area contributed by atoms with Crippen LogP contribution in [0, 0.1) is 0 Å². The summed E-state index contributed by atoms with van der Waals surface area (Å²) < 4.78 is 1.55. The van der Waals surface area contributed by atoms with E-state index in [1.165, 1.54) is 0 Å². The van der Waals surface area contributed by atoms with Gasteiger partial charge in [-0.25, -0.2) is 4.68 Å². The van der Waals surface area contributed by atoms with Gasteiger partial charge in [0.05, 0.1) is 0 Å². The first-order valence-electron chi connectivity index (χ1n) is 3.91. The molecule has 0 saturated heterocycles. The van der Waals surface area contributed by atoms with E-state index in [0.29, 0.717) is 0 Å². The number of rotatable bonds is 2. The molecule has 0 saturated carbocycles. The highest BCUT2D eigenvalue weighted by Gasteiger charge is 1.85. The van der Waals surface area contributed by atoms with Crippen LogP contribution in [0.3, 0.4) is 0 Å². The molecule has 2 aromatic rings. The third-order valence-electron chi connectivity index (χ3n) is 1.58. The molecule has 0 spiro atoms. The highest BCUT2D eigenvalue weighted by atomic mass is 15.5. The van der Waals surface area contributed by atoms with E-state index < -0.39 is 0 Å². The molecule has 2 rings (SSSR count). The van der Waals surface area contributed by atoms with Crippen molar-refractivity contribution in [3.8, 4) is 0 Å². The van der Waals surface area contributed by atoms with Crippen molar-refractivity contribution in [1.29, 1.82) is 0 Å². The number of benzene rings is 1. The molecule has 1 aromatic heterocycles. The maximum atomic E-state index is 3.70. The maximum absolute atomic E-state index is 3.70. The SMILES string of the molecule is C(=C\n1cnnn1)/c1ccccc1. The Balaban J connectivity index is 2.15. The topological polar surface area (TPSA) is 43.6 Å². The lowest BCUT2D eigenvalue weighted by molar-refractivity contribution is 0.820. The van der Waals surface area contributed by atoms with Crippen LogP contribution in [-0.4, -0.2) is 20.2 Å². The smallest absolute Gasteiger partial charge is 0.143 e. The highest BCUT2D eigenvalue weighted by molar-refractivity contribution is 5.59. The van der Waals surface area contributed by atoms with Crippen LogP contribution in [0.5, 0.6) is 0 Å². The van der Waals surface area contributed by atoms with E-state index in [1.807, 2.05) is 36.4 Å². The van der Waals surface area contributed by atoms with Crippen molar-refractivity contribution >= 4 is 12.3 Å². The Kier molecular flexibility index (Phi) is 2.14. The zero-order chi connectivity index (χ0) is 8.93. The Morgan fingerprint density at radius 3 is 2.69 bits per heavy atom. The average Bonchev–Trinajstić information content (AvgIpc) is 2.69. The Morgan fingerprint density at radius 1 is 1.15 bits per heavy atom. The van der Waals surface area contributed by atoms with Crippen molar-refractivity contribution in [2.45, 2.75) is 0 Å². The molecule has 0 aliphatic carbocycles. The van der Waals surface area contributed by atoms with E-state index in [9.17, 15) is 0 Å². The minimum Gasteiger partial charge on any atom is -0.208 e. The molecule has 1 aromatic carbocycles. The molecule has 0 aliphatic heterocycles. The van der Waals surface area contributed by atoms with Crippen molar-refractivity contribution in [1.82, 2.24) is 20.2 Å². The van der Waals surface area contributed by atoms with Gasteiger partial charge in [-0.1, -0.05) is 30.3 Å².